The quantitative estimate of drug-likeness (QED) is 0.813. The maximum Gasteiger partial charge on any atom is 0.183 e. The molecule has 6 heteroatoms. The molecule has 0 bridgehead atoms. The molecule has 0 spiro atoms. The van der Waals surface area contributed by atoms with E-state index >= 15 is 0 Å². The molecule has 1 atom stereocenters. The first-order valence-corrected chi connectivity index (χ1v) is 6.91. The van der Waals surface area contributed by atoms with Gasteiger partial charge in [0.25, 0.3) is 0 Å². The Labute approximate surface area is 126 Å². The molecule has 0 aliphatic carbocycles. The van der Waals surface area contributed by atoms with E-state index in [1.54, 1.807) is 10.6 Å². The molecule has 1 unspecified atom stereocenters. The fourth-order valence-corrected chi connectivity index (χ4v) is 2.57. The molecule has 1 aliphatic rings. The number of halogens is 2. The standard InChI is InChI=1S/C16H15F2N3O/c1-16(2,3)15-20-19-13-7-6-12(22)14(21(13)15)10-5-4-9(17)8-11(10)18/h4-8,14H,1-3H3. The van der Waals surface area contributed by atoms with Crippen LogP contribution in [0.3, 0.4) is 0 Å². The van der Waals surface area contributed by atoms with Crippen molar-refractivity contribution < 1.29 is 13.6 Å². The zero-order valence-corrected chi connectivity index (χ0v) is 12.5. The molecule has 2 heterocycles. The van der Waals surface area contributed by atoms with E-state index in [1.165, 1.54) is 12.1 Å². The molecule has 3 rings (SSSR count). The van der Waals surface area contributed by atoms with Gasteiger partial charge >= 0.3 is 0 Å². The van der Waals surface area contributed by atoms with E-state index in [2.05, 4.69) is 10.2 Å². The summed E-state index contributed by atoms with van der Waals surface area (Å²) in [5.41, 5.74) is -0.256. The second kappa shape index (κ2) is 4.83. The highest BCUT2D eigenvalue weighted by Gasteiger charge is 2.34. The zero-order chi connectivity index (χ0) is 16.1. The van der Waals surface area contributed by atoms with E-state index in [1.807, 2.05) is 20.8 Å². The van der Waals surface area contributed by atoms with Crippen molar-refractivity contribution in [2.24, 2.45) is 0 Å². The van der Waals surface area contributed by atoms with Crippen molar-refractivity contribution in [1.82, 2.24) is 14.8 Å². The van der Waals surface area contributed by atoms with Crippen LogP contribution in [0.4, 0.5) is 8.78 Å². The van der Waals surface area contributed by atoms with Gasteiger partial charge in [-0.3, -0.25) is 9.36 Å². The molecular formula is C16H15F2N3O. The number of ketones is 1. The van der Waals surface area contributed by atoms with Gasteiger partial charge in [-0.1, -0.05) is 26.8 Å². The van der Waals surface area contributed by atoms with E-state index in [0.29, 0.717) is 11.6 Å². The fourth-order valence-electron chi connectivity index (χ4n) is 2.57. The fraction of sp³-hybridized carbons (Fsp3) is 0.312. The first-order valence-electron chi connectivity index (χ1n) is 6.91. The van der Waals surface area contributed by atoms with E-state index < -0.39 is 17.7 Å². The number of aromatic nitrogens is 3. The van der Waals surface area contributed by atoms with Gasteiger partial charge in [-0.2, -0.15) is 0 Å². The summed E-state index contributed by atoms with van der Waals surface area (Å²) in [4.78, 5) is 12.3. The van der Waals surface area contributed by atoms with Gasteiger partial charge in [-0.25, -0.2) is 8.78 Å². The lowest BCUT2D eigenvalue weighted by molar-refractivity contribution is -0.116. The number of nitrogens with zero attached hydrogens (tertiary/aromatic N) is 3. The maximum absolute atomic E-state index is 14.2. The number of allylic oxidation sites excluding steroid dienone is 1. The summed E-state index contributed by atoms with van der Waals surface area (Å²) in [6.07, 6.45) is 2.91. The third-order valence-electron chi connectivity index (χ3n) is 3.57. The summed E-state index contributed by atoms with van der Waals surface area (Å²) < 4.78 is 28.9. The average molecular weight is 303 g/mol. The van der Waals surface area contributed by atoms with Crippen molar-refractivity contribution in [3.63, 3.8) is 0 Å². The first kappa shape index (κ1) is 14.6. The minimum Gasteiger partial charge on any atom is -0.296 e. The van der Waals surface area contributed by atoms with Gasteiger partial charge in [0.15, 0.2) is 11.6 Å². The molecule has 0 fully saturated rings. The lowest BCUT2D eigenvalue weighted by Gasteiger charge is -2.27. The Morgan fingerprint density at radius 1 is 1.14 bits per heavy atom. The van der Waals surface area contributed by atoms with Gasteiger partial charge in [-0.15, -0.1) is 10.2 Å². The Morgan fingerprint density at radius 3 is 2.50 bits per heavy atom. The van der Waals surface area contributed by atoms with E-state index in [-0.39, 0.29) is 16.8 Å². The summed E-state index contributed by atoms with van der Waals surface area (Å²) in [5.74, 6) is -0.663. The van der Waals surface area contributed by atoms with Gasteiger partial charge in [0, 0.05) is 17.0 Å². The predicted octanol–water partition coefficient (Wildman–Crippen LogP) is 3.04. The van der Waals surface area contributed by atoms with Crippen LogP contribution < -0.4 is 0 Å². The summed E-state index contributed by atoms with van der Waals surface area (Å²) in [6.45, 7) is 5.81. The van der Waals surface area contributed by atoms with Gasteiger partial charge in [0.2, 0.25) is 0 Å². The normalized spacial score (nSPS) is 17.7. The van der Waals surface area contributed by atoms with Crippen LogP contribution in [-0.2, 0) is 10.2 Å². The van der Waals surface area contributed by atoms with Crippen molar-refractivity contribution in [2.45, 2.75) is 32.2 Å². The number of hydrogen-bond acceptors (Lipinski definition) is 3. The van der Waals surface area contributed by atoms with E-state index in [4.69, 9.17) is 0 Å². The van der Waals surface area contributed by atoms with Crippen LogP contribution in [0.1, 0.15) is 44.0 Å². The highest BCUT2D eigenvalue weighted by atomic mass is 19.1. The Morgan fingerprint density at radius 2 is 1.86 bits per heavy atom. The van der Waals surface area contributed by atoms with Crippen LogP contribution in [0.2, 0.25) is 0 Å². The van der Waals surface area contributed by atoms with Gasteiger partial charge in [0.05, 0.1) is 0 Å². The number of hydrogen-bond donors (Lipinski definition) is 0. The number of rotatable bonds is 1. The molecule has 0 amide bonds. The first-order chi connectivity index (χ1) is 10.3. The molecule has 22 heavy (non-hydrogen) atoms. The number of benzene rings is 1. The van der Waals surface area contributed by atoms with Crippen molar-refractivity contribution in [2.75, 3.05) is 0 Å². The number of fused-ring (bicyclic) bond motifs is 1. The van der Waals surface area contributed by atoms with Crippen molar-refractivity contribution in [3.05, 3.63) is 53.1 Å². The molecule has 1 aromatic heterocycles. The van der Waals surface area contributed by atoms with Crippen LogP contribution >= 0.6 is 0 Å². The van der Waals surface area contributed by atoms with Crippen molar-refractivity contribution in [3.8, 4) is 0 Å². The zero-order valence-electron chi connectivity index (χ0n) is 12.5. The molecule has 0 saturated heterocycles. The molecule has 1 aliphatic heterocycles. The highest BCUT2D eigenvalue weighted by molar-refractivity contribution is 6.00. The molecule has 1 aromatic carbocycles. The van der Waals surface area contributed by atoms with Crippen LogP contribution in [0.25, 0.3) is 6.08 Å². The third-order valence-corrected chi connectivity index (χ3v) is 3.57. The monoisotopic (exact) mass is 303 g/mol. The number of carbonyl (C=O) groups is 1. The van der Waals surface area contributed by atoms with Crippen LogP contribution in [0.15, 0.2) is 24.3 Å². The Hall–Kier alpha value is -2.37. The second-order valence-corrected chi connectivity index (χ2v) is 6.31. The van der Waals surface area contributed by atoms with E-state index in [0.717, 1.165) is 12.1 Å². The highest BCUT2D eigenvalue weighted by Crippen LogP contribution is 2.33. The van der Waals surface area contributed by atoms with E-state index in [9.17, 15) is 13.6 Å². The summed E-state index contributed by atoms with van der Waals surface area (Å²) in [7, 11) is 0. The topological polar surface area (TPSA) is 47.8 Å². The Bertz CT molecular complexity index is 787. The van der Waals surface area contributed by atoms with Crippen LogP contribution in [0, 0.1) is 11.6 Å². The molecule has 114 valence electrons. The van der Waals surface area contributed by atoms with Gasteiger partial charge in [-0.05, 0) is 18.2 Å². The lowest BCUT2D eigenvalue weighted by Crippen LogP contribution is -2.30. The average Bonchev–Trinajstić information content (AvgIpc) is 2.84. The van der Waals surface area contributed by atoms with Crippen LogP contribution in [0.5, 0.6) is 0 Å². The summed E-state index contributed by atoms with van der Waals surface area (Å²) in [6, 6.07) is 2.31. The van der Waals surface area contributed by atoms with Gasteiger partial charge in [0.1, 0.15) is 23.5 Å². The number of carbonyl (C=O) groups excluding carboxylic acids is 1. The summed E-state index contributed by atoms with van der Waals surface area (Å²) in [5, 5.41) is 8.20. The van der Waals surface area contributed by atoms with Crippen molar-refractivity contribution >= 4 is 11.9 Å². The molecular weight excluding hydrogens is 288 g/mol. The minimum atomic E-state index is -0.912. The smallest absolute Gasteiger partial charge is 0.183 e. The summed E-state index contributed by atoms with van der Waals surface area (Å²) >= 11 is 0. The predicted molar refractivity (Wildman–Crippen MR) is 77.3 cm³/mol. The SMILES string of the molecule is CC(C)(C)c1nnc2n1C(c1ccc(F)cc1F)C(=O)C=C2. The van der Waals surface area contributed by atoms with Gasteiger partial charge < -0.3 is 0 Å². The molecule has 4 nitrogen and oxygen atoms in total. The Kier molecular flexibility index (Phi) is 3.20. The molecule has 0 N–H and O–H groups in total. The third kappa shape index (κ3) is 2.24. The largest absolute Gasteiger partial charge is 0.296 e. The maximum atomic E-state index is 14.2. The van der Waals surface area contributed by atoms with Crippen LogP contribution in [-0.4, -0.2) is 20.5 Å². The van der Waals surface area contributed by atoms with Crippen molar-refractivity contribution in [1.29, 1.82) is 0 Å². The molecule has 2 aromatic rings. The minimum absolute atomic E-state index is 0.113. The molecule has 0 radical (unpaired) electrons. The molecule has 0 saturated carbocycles. The second-order valence-electron chi connectivity index (χ2n) is 6.31. The Balaban J connectivity index is 2.24. The lowest BCUT2D eigenvalue weighted by atomic mass is 9.92.